The van der Waals surface area contributed by atoms with Gasteiger partial charge in [0.15, 0.2) is 0 Å². The predicted octanol–water partition coefficient (Wildman–Crippen LogP) is 1.86. The van der Waals surface area contributed by atoms with Crippen molar-refractivity contribution in [2.45, 2.75) is 45.6 Å². The van der Waals surface area contributed by atoms with Gasteiger partial charge in [-0.05, 0) is 37.5 Å². The van der Waals surface area contributed by atoms with Gasteiger partial charge in [0, 0.05) is 43.6 Å². The molecule has 1 fully saturated rings. The van der Waals surface area contributed by atoms with E-state index in [4.69, 9.17) is 9.97 Å². The first-order valence-corrected chi connectivity index (χ1v) is 10.8. The highest BCUT2D eigenvalue weighted by atomic mass is 19.1. The summed E-state index contributed by atoms with van der Waals surface area (Å²) in [6.45, 7) is 4.53. The molecule has 0 aliphatic carbocycles. The molecule has 3 heterocycles. The van der Waals surface area contributed by atoms with E-state index in [0.29, 0.717) is 49.6 Å². The number of anilines is 1. The number of carbonyl (C=O) groups excluding carboxylic acids is 3. The molecule has 9 heteroatoms. The first-order chi connectivity index (χ1) is 15.3. The van der Waals surface area contributed by atoms with Crippen LogP contribution in [-0.4, -0.2) is 52.2 Å². The van der Waals surface area contributed by atoms with Gasteiger partial charge in [0.1, 0.15) is 17.5 Å². The van der Waals surface area contributed by atoms with Crippen LogP contribution in [0.4, 0.5) is 10.2 Å². The fourth-order valence-corrected chi connectivity index (χ4v) is 4.28. The molecule has 1 aromatic carbocycles. The van der Waals surface area contributed by atoms with Gasteiger partial charge in [-0.1, -0.05) is 12.1 Å². The van der Waals surface area contributed by atoms with E-state index in [1.165, 1.54) is 19.1 Å². The third-order valence-electron chi connectivity index (χ3n) is 5.98. The molecule has 4 rings (SSSR count). The van der Waals surface area contributed by atoms with Crippen LogP contribution in [0.25, 0.3) is 0 Å². The standard InChI is InChI=1S/C23H26FN5O3/c1-14-19-6-7-20(31)29(12-16-4-3-5-18(24)10-16)23(19)27-22(26-14)17-8-9-28(13-17)21(32)11-25-15(2)30/h3-5,10,17H,6-9,11-13H2,1-2H3,(H,25,30)/t17-/m1/s1. The molecule has 0 spiro atoms. The van der Waals surface area contributed by atoms with Crippen molar-refractivity contribution in [2.75, 3.05) is 24.5 Å². The third-order valence-corrected chi connectivity index (χ3v) is 5.98. The maximum atomic E-state index is 13.7. The molecule has 0 radical (unpaired) electrons. The summed E-state index contributed by atoms with van der Waals surface area (Å²) in [6, 6.07) is 6.21. The van der Waals surface area contributed by atoms with Crippen LogP contribution in [0.3, 0.4) is 0 Å². The van der Waals surface area contributed by atoms with Gasteiger partial charge in [-0.15, -0.1) is 0 Å². The quantitative estimate of drug-likeness (QED) is 0.767. The monoisotopic (exact) mass is 439 g/mol. The molecule has 2 aliphatic heterocycles. The van der Waals surface area contributed by atoms with Crippen LogP contribution >= 0.6 is 0 Å². The van der Waals surface area contributed by atoms with Crippen molar-refractivity contribution >= 4 is 23.5 Å². The summed E-state index contributed by atoms with van der Waals surface area (Å²) in [5.74, 6) is 0.358. The molecule has 0 unspecified atom stereocenters. The lowest BCUT2D eigenvalue weighted by molar-refractivity contribution is -0.131. The number of hydrogen-bond acceptors (Lipinski definition) is 5. The minimum absolute atomic E-state index is 0.0258. The molecule has 0 saturated carbocycles. The van der Waals surface area contributed by atoms with E-state index >= 15 is 0 Å². The number of rotatable bonds is 5. The Bertz CT molecular complexity index is 1070. The van der Waals surface area contributed by atoms with Gasteiger partial charge in [0.2, 0.25) is 17.7 Å². The highest BCUT2D eigenvalue weighted by Crippen LogP contribution is 2.33. The smallest absolute Gasteiger partial charge is 0.241 e. The number of amides is 3. The molecule has 32 heavy (non-hydrogen) atoms. The molecular formula is C23H26FN5O3. The van der Waals surface area contributed by atoms with Gasteiger partial charge in [-0.3, -0.25) is 19.3 Å². The number of fused-ring (bicyclic) bond motifs is 1. The topological polar surface area (TPSA) is 95.5 Å². The van der Waals surface area contributed by atoms with Gasteiger partial charge in [-0.2, -0.15) is 0 Å². The molecule has 1 aromatic heterocycles. The van der Waals surface area contributed by atoms with E-state index in [2.05, 4.69) is 5.32 Å². The van der Waals surface area contributed by atoms with Crippen LogP contribution in [0, 0.1) is 12.7 Å². The number of carbonyl (C=O) groups is 3. The zero-order chi connectivity index (χ0) is 22.8. The fraction of sp³-hybridized carbons (Fsp3) is 0.435. The number of benzene rings is 1. The number of hydrogen-bond donors (Lipinski definition) is 1. The minimum Gasteiger partial charge on any atom is -0.347 e. The van der Waals surface area contributed by atoms with Crippen molar-refractivity contribution in [1.29, 1.82) is 0 Å². The lowest BCUT2D eigenvalue weighted by Crippen LogP contribution is -2.38. The molecule has 168 valence electrons. The van der Waals surface area contributed by atoms with Crippen molar-refractivity contribution < 1.29 is 18.8 Å². The fourth-order valence-electron chi connectivity index (χ4n) is 4.28. The van der Waals surface area contributed by atoms with E-state index in [-0.39, 0.29) is 42.5 Å². The second-order valence-electron chi connectivity index (χ2n) is 8.31. The first kappa shape index (κ1) is 21.9. The third kappa shape index (κ3) is 4.61. The number of aryl methyl sites for hydroxylation is 1. The van der Waals surface area contributed by atoms with Crippen LogP contribution in [0.15, 0.2) is 24.3 Å². The molecular weight excluding hydrogens is 413 g/mol. The Balaban J connectivity index is 1.57. The molecule has 1 atom stereocenters. The van der Waals surface area contributed by atoms with Gasteiger partial charge >= 0.3 is 0 Å². The number of likely N-dealkylation sites (tertiary alicyclic amines) is 1. The predicted molar refractivity (Wildman–Crippen MR) is 115 cm³/mol. The zero-order valence-electron chi connectivity index (χ0n) is 18.2. The van der Waals surface area contributed by atoms with Crippen LogP contribution in [0.5, 0.6) is 0 Å². The Morgan fingerprint density at radius 3 is 2.81 bits per heavy atom. The summed E-state index contributed by atoms with van der Waals surface area (Å²) < 4.78 is 13.7. The molecule has 2 aromatic rings. The van der Waals surface area contributed by atoms with Crippen molar-refractivity contribution in [3.05, 3.63) is 52.7 Å². The van der Waals surface area contributed by atoms with Crippen molar-refractivity contribution in [3.63, 3.8) is 0 Å². The lowest BCUT2D eigenvalue weighted by atomic mass is 10.0. The second-order valence-corrected chi connectivity index (χ2v) is 8.31. The summed E-state index contributed by atoms with van der Waals surface area (Å²) in [4.78, 5) is 48.9. The molecule has 1 N–H and O–H groups in total. The maximum absolute atomic E-state index is 13.7. The van der Waals surface area contributed by atoms with Gasteiger partial charge in [0.05, 0.1) is 13.1 Å². The van der Waals surface area contributed by atoms with Crippen molar-refractivity contribution in [2.24, 2.45) is 0 Å². The summed E-state index contributed by atoms with van der Waals surface area (Å²) in [5.41, 5.74) is 2.45. The molecule has 0 bridgehead atoms. The van der Waals surface area contributed by atoms with E-state index in [9.17, 15) is 18.8 Å². The van der Waals surface area contributed by atoms with Crippen LogP contribution < -0.4 is 10.2 Å². The van der Waals surface area contributed by atoms with Crippen LogP contribution in [-0.2, 0) is 27.3 Å². The maximum Gasteiger partial charge on any atom is 0.241 e. The average molecular weight is 439 g/mol. The molecule has 2 aliphatic rings. The number of nitrogens with zero attached hydrogens (tertiary/aromatic N) is 4. The van der Waals surface area contributed by atoms with E-state index in [1.807, 2.05) is 6.92 Å². The Labute approximate surface area is 185 Å². The van der Waals surface area contributed by atoms with Gasteiger partial charge in [0.25, 0.3) is 0 Å². The SMILES string of the molecule is CC(=O)NCC(=O)N1CC[C@@H](c2nc(C)c3c(n2)N(Cc2cccc(F)c2)C(=O)CC3)C1. The zero-order valence-corrected chi connectivity index (χ0v) is 18.2. The van der Waals surface area contributed by atoms with E-state index in [0.717, 1.165) is 11.3 Å². The summed E-state index contributed by atoms with van der Waals surface area (Å²) >= 11 is 0. The largest absolute Gasteiger partial charge is 0.347 e. The summed E-state index contributed by atoms with van der Waals surface area (Å²) in [7, 11) is 0. The summed E-state index contributed by atoms with van der Waals surface area (Å²) in [6.07, 6.45) is 1.65. The van der Waals surface area contributed by atoms with Crippen molar-refractivity contribution in [3.8, 4) is 0 Å². The molecule has 1 saturated heterocycles. The minimum atomic E-state index is -0.346. The first-order valence-electron chi connectivity index (χ1n) is 10.8. The normalized spacial score (nSPS) is 18.0. The summed E-state index contributed by atoms with van der Waals surface area (Å²) in [5, 5.41) is 2.53. The van der Waals surface area contributed by atoms with Gasteiger partial charge < -0.3 is 10.2 Å². The Morgan fingerprint density at radius 2 is 2.06 bits per heavy atom. The van der Waals surface area contributed by atoms with Crippen molar-refractivity contribution in [1.82, 2.24) is 20.2 Å². The van der Waals surface area contributed by atoms with E-state index in [1.54, 1.807) is 21.9 Å². The molecule has 3 amide bonds. The number of halogens is 1. The molecule has 8 nitrogen and oxygen atoms in total. The average Bonchev–Trinajstić information content (AvgIpc) is 3.24. The van der Waals surface area contributed by atoms with Crippen LogP contribution in [0.1, 0.15) is 48.3 Å². The highest BCUT2D eigenvalue weighted by Gasteiger charge is 2.33. The lowest BCUT2D eigenvalue weighted by Gasteiger charge is -2.30. The Hall–Kier alpha value is -3.36. The van der Waals surface area contributed by atoms with E-state index < -0.39 is 0 Å². The van der Waals surface area contributed by atoms with Gasteiger partial charge in [-0.25, -0.2) is 14.4 Å². The highest BCUT2D eigenvalue weighted by molar-refractivity contribution is 5.95. The second kappa shape index (κ2) is 9.02. The Kier molecular flexibility index (Phi) is 6.16. The number of nitrogens with one attached hydrogen (secondary N) is 1. The number of aromatic nitrogens is 2. The Morgan fingerprint density at radius 1 is 1.25 bits per heavy atom. The van der Waals surface area contributed by atoms with Crippen LogP contribution in [0.2, 0.25) is 0 Å².